The van der Waals surface area contributed by atoms with Gasteiger partial charge >= 0.3 is 0 Å². The molecule has 5 nitrogen and oxygen atoms in total. The van der Waals surface area contributed by atoms with Gasteiger partial charge in [-0.15, -0.1) is 0 Å². The average molecular weight is 315 g/mol. The van der Waals surface area contributed by atoms with Crippen LogP contribution in [0.25, 0.3) is 0 Å². The number of benzene rings is 2. The molecule has 0 aliphatic heterocycles. The Labute approximate surface area is 134 Å². The maximum absolute atomic E-state index is 9.52. The molecule has 0 aliphatic carbocycles. The quantitative estimate of drug-likeness (QED) is 0.460. The van der Waals surface area contributed by atoms with Crippen molar-refractivity contribution in [2.75, 3.05) is 12.4 Å². The Balaban J connectivity index is 1.91. The molecule has 0 saturated carbocycles. The van der Waals surface area contributed by atoms with Crippen molar-refractivity contribution < 1.29 is 9.84 Å². The van der Waals surface area contributed by atoms with Gasteiger partial charge in [-0.25, -0.2) is 0 Å². The molecule has 22 heavy (non-hydrogen) atoms. The summed E-state index contributed by atoms with van der Waals surface area (Å²) in [6.07, 6.45) is 1.59. The molecule has 2 aromatic carbocycles. The normalized spacial score (nSPS) is 10.5. The van der Waals surface area contributed by atoms with Crippen molar-refractivity contribution in [2.45, 2.75) is 6.92 Å². The van der Waals surface area contributed by atoms with Gasteiger partial charge in [-0.05, 0) is 55.0 Å². The minimum atomic E-state index is 0.0872. The molecule has 6 heteroatoms. The number of nitrogens with zero attached hydrogens (tertiary/aromatic N) is 1. The smallest absolute Gasteiger partial charge is 0.191 e. The van der Waals surface area contributed by atoms with Crippen LogP contribution in [-0.2, 0) is 0 Å². The van der Waals surface area contributed by atoms with Gasteiger partial charge in [-0.1, -0.05) is 17.7 Å². The SMILES string of the molecule is COc1cc(/C=N/NC(=S)Nc2ccc(C)cc2)ccc1O. The van der Waals surface area contributed by atoms with Crippen LogP contribution in [0.4, 0.5) is 5.69 Å². The van der Waals surface area contributed by atoms with Crippen LogP contribution in [0.5, 0.6) is 11.5 Å². The second-order valence-electron chi connectivity index (χ2n) is 4.62. The molecule has 2 rings (SSSR count). The van der Waals surface area contributed by atoms with E-state index in [4.69, 9.17) is 17.0 Å². The van der Waals surface area contributed by atoms with E-state index in [0.29, 0.717) is 10.9 Å². The molecule has 0 radical (unpaired) electrons. The number of anilines is 1. The number of rotatable bonds is 4. The largest absolute Gasteiger partial charge is 0.504 e. The summed E-state index contributed by atoms with van der Waals surface area (Å²) in [4.78, 5) is 0. The van der Waals surface area contributed by atoms with Gasteiger partial charge in [-0.3, -0.25) is 5.43 Å². The van der Waals surface area contributed by atoms with Gasteiger partial charge in [0.1, 0.15) is 0 Å². The van der Waals surface area contributed by atoms with Crippen molar-refractivity contribution in [1.29, 1.82) is 0 Å². The summed E-state index contributed by atoms with van der Waals surface area (Å²) < 4.78 is 5.03. The standard InChI is InChI=1S/C16H17N3O2S/c1-11-3-6-13(7-4-11)18-16(22)19-17-10-12-5-8-14(20)15(9-12)21-2/h3-10,20H,1-2H3,(H2,18,19,22)/b17-10+. The predicted molar refractivity (Wildman–Crippen MR) is 92.8 cm³/mol. The van der Waals surface area contributed by atoms with Crippen LogP contribution in [0.15, 0.2) is 47.6 Å². The highest BCUT2D eigenvalue weighted by atomic mass is 32.1. The Bertz CT molecular complexity index is 684. The third-order valence-corrected chi connectivity index (χ3v) is 3.09. The first-order chi connectivity index (χ1) is 10.6. The van der Waals surface area contributed by atoms with Crippen molar-refractivity contribution in [3.8, 4) is 11.5 Å². The minimum Gasteiger partial charge on any atom is -0.504 e. The first-order valence-corrected chi connectivity index (χ1v) is 7.03. The lowest BCUT2D eigenvalue weighted by molar-refractivity contribution is 0.373. The fourth-order valence-corrected chi connectivity index (χ4v) is 1.91. The Morgan fingerprint density at radius 3 is 2.64 bits per heavy atom. The number of phenols is 1. The van der Waals surface area contributed by atoms with E-state index in [2.05, 4.69) is 15.8 Å². The molecule has 0 unspecified atom stereocenters. The number of aryl methyl sites for hydroxylation is 1. The maximum Gasteiger partial charge on any atom is 0.191 e. The summed E-state index contributed by atoms with van der Waals surface area (Å²) in [5.41, 5.74) is 5.59. The van der Waals surface area contributed by atoms with Crippen LogP contribution < -0.4 is 15.5 Å². The molecule has 0 fully saturated rings. The van der Waals surface area contributed by atoms with Crippen LogP contribution in [0.3, 0.4) is 0 Å². The number of phenolic OH excluding ortho intramolecular Hbond substituents is 1. The first-order valence-electron chi connectivity index (χ1n) is 6.62. The average Bonchev–Trinajstić information content (AvgIpc) is 2.51. The Morgan fingerprint density at radius 1 is 1.23 bits per heavy atom. The van der Waals surface area contributed by atoms with E-state index in [0.717, 1.165) is 11.3 Å². The molecule has 0 atom stereocenters. The molecule has 114 valence electrons. The summed E-state index contributed by atoms with van der Waals surface area (Å²) in [5.74, 6) is 0.480. The number of methoxy groups -OCH3 is 1. The Morgan fingerprint density at radius 2 is 1.95 bits per heavy atom. The summed E-state index contributed by atoms with van der Waals surface area (Å²) >= 11 is 5.15. The van der Waals surface area contributed by atoms with Crippen LogP contribution in [-0.4, -0.2) is 23.5 Å². The zero-order valence-electron chi connectivity index (χ0n) is 12.3. The fraction of sp³-hybridized carbons (Fsp3) is 0.125. The van der Waals surface area contributed by atoms with E-state index < -0.39 is 0 Å². The van der Waals surface area contributed by atoms with E-state index in [1.54, 1.807) is 24.4 Å². The van der Waals surface area contributed by atoms with Crippen molar-refractivity contribution in [2.24, 2.45) is 5.10 Å². The highest BCUT2D eigenvalue weighted by Crippen LogP contribution is 2.25. The van der Waals surface area contributed by atoms with E-state index in [9.17, 15) is 5.11 Å². The van der Waals surface area contributed by atoms with Crippen molar-refractivity contribution in [3.05, 3.63) is 53.6 Å². The second kappa shape index (κ2) is 7.42. The van der Waals surface area contributed by atoms with E-state index >= 15 is 0 Å². The number of ether oxygens (including phenoxy) is 1. The van der Waals surface area contributed by atoms with Crippen molar-refractivity contribution in [1.82, 2.24) is 5.43 Å². The molecule has 0 saturated heterocycles. The van der Waals surface area contributed by atoms with Gasteiger partial charge in [0.05, 0.1) is 13.3 Å². The Kier molecular flexibility index (Phi) is 5.32. The zero-order chi connectivity index (χ0) is 15.9. The number of hydrogen-bond donors (Lipinski definition) is 3. The molecular weight excluding hydrogens is 298 g/mol. The third-order valence-electron chi connectivity index (χ3n) is 2.89. The van der Waals surface area contributed by atoms with Gasteiger partial charge in [0, 0.05) is 5.69 Å². The fourth-order valence-electron chi connectivity index (χ4n) is 1.74. The maximum atomic E-state index is 9.52. The second-order valence-corrected chi connectivity index (χ2v) is 5.03. The lowest BCUT2D eigenvalue weighted by atomic mass is 10.2. The third kappa shape index (κ3) is 4.46. The van der Waals surface area contributed by atoms with E-state index in [1.807, 2.05) is 31.2 Å². The first kappa shape index (κ1) is 15.8. The molecule has 0 heterocycles. The van der Waals surface area contributed by atoms with Gasteiger partial charge in [0.15, 0.2) is 16.6 Å². The summed E-state index contributed by atoms with van der Waals surface area (Å²) in [5, 5.41) is 17.0. The highest BCUT2D eigenvalue weighted by molar-refractivity contribution is 7.80. The number of aromatic hydroxyl groups is 1. The zero-order valence-corrected chi connectivity index (χ0v) is 13.1. The highest BCUT2D eigenvalue weighted by Gasteiger charge is 2.01. The minimum absolute atomic E-state index is 0.0872. The van der Waals surface area contributed by atoms with Gasteiger partial charge < -0.3 is 15.2 Å². The number of thiocarbonyl (C=S) groups is 1. The van der Waals surface area contributed by atoms with E-state index in [-0.39, 0.29) is 5.75 Å². The number of hydrazone groups is 1. The molecular formula is C16H17N3O2S. The summed E-state index contributed by atoms with van der Waals surface area (Å²) in [7, 11) is 1.49. The molecule has 0 spiro atoms. The van der Waals surface area contributed by atoms with Crippen LogP contribution >= 0.6 is 12.2 Å². The summed E-state index contributed by atoms with van der Waals surface area (Å²) in [6.45, 7) is 2.02. The molecule has 0 aliphatic rings. The predicted octanol–water partition coefficient (Wildman–Crippen LogP) is 3.03. The topological polar surface area (TPSA) is 65.9 Å². The lowest BCUT2D eigenvalue weighted by Gasteiger charge is -2.07. The van der Waals surface area contributed by atoms with Gasteiger partial charge in [0.25, 0.3) is 0 Å². The molecule has 0 aromatic heterocycles. The molecule has 0 amide bonds. The van der Waals surface area contributed by atoms with Gasteiger partial charge in [-0.2, -0.15) is 5.10 Å². The van der Waals surface area contributed by atoms with Gasteiger partial charge in [0.2, 0.25) is 0 Å². The van der Waals surface area contributed by atoms with E-state index in [1.165, 1.54) is 12.7 Å². The van der Waals surface area contributed by atoms with Crippen LogP contribution in [0, 0.1) is 6.92 Å². The van der Waals surface area contributed by atoms with Crippen molar-refractivity contribution >= 4 is 29.2 Å². The summed E-state index contributed by atoms with van der Waals surface area (Å²) in [6, 6.07) is 12.8. The molecule has 3 N–H and O–H groups in total. The lowest BCUT2D eigenvalue weighted by Crippen LogP contribution is -2.23. The number of nitrogens with one attached hydrogen (secondary N) is 2. The molecule has 2 aromatic rings. The number of hydrogen-bond acceptors (Lipinski definition) is 4. The monoisotopic (exact) mass is 315 g/mol. The Hall–Kier alpha value is -2.60. The van der Waals surface area contributed by atoms with Crippen LogP contribution in [0.1, 0.15) is 11.1 Å². The van der Waals surface area contributed by atoms with Crippen LogP contribution in [0.2, 0.25) is 0 Å². The van der Waals surface area contributed by atoms with Crippen molar-refractivity contribution in [3.63, 3.8) is 0 Å². The molecule has 0 bridgehead atoms.